The zero-order valence-electron chi connectivity index (χ0n) is 12.1. The molecule has 0 unspecified atom stereocenters. The lowest BCUT2D eigenvalue weighted by molar-refractivity contribution is 0.100. The topological polar surface area (TPSA) is 72.8 Å². The molecule has 0 atom stereocenters. The SMILES string of the molecule is COc1ccc(Cl)cc1C(=O)N=CC=C1C=CC(=S(=O)=O)C=C1. The van der Waals surface area contributed by atoms with E-state index >= 15 is 0 Å². The molecule has 1 aliphatic carbocycles. The molecular weight excluding hydrogens is 338 g/mol. The van der Waals surface area contributed by atoms with Gasteiger partial charge >= 0.3 is 0 Å². The zero-order valence-corrected chi connectivity index (χ0v) is 13.6. The first-order valence-corrected chi connectivity index (χ1v) is 7.91. The fourth-order valence-corrected chi connectivity index (χ4v) is 2.33. The molecule has 5 nitrogen and oxygen atoms in total. The van der Waals surface area contributed by atoms with Crippen LogP contribution in [-0.2, 0) is 10.3 Å². The third-order valence-corrected chi connectivity index (χ3v) is 3.82. The number of carbonyl (C=O) groups is 1. The highest BCUT2D eigenvalue weighted by molar-refractivity contribution is 7.73. The van der Waals surface area contributed by atoms with Gasteiger partial charge in [-0.25, -0.2) is 4.99 Å². The standard InChI is InChI=1S/C16H12ClNO4S/c1-22-15-7-4-12(17)10-14(15)16(19)18-9-8-11-2-5-13(6-3-11)23(20)21/h2-10H,1H3. The second-order valence-electron chi connectivity index (χ2n) is 4.40. The Labute approximate surface area is 139 Å². The lowest BCUT2D eigenvalue weighted by atomic mass is 10.1. The Morgan fingerprint density at radius 3 is 2.52 bits per heavy atom. The Hall–Kier alpha value is -2.44. The molecule has 118 valence electrons. The van der Waals surface area contributed by atoms with Gasteiger partial charge in [0, 0.05) is 11.2 Å². The molecule has 2 rings (SSSR count). The van der Waals surface area contributed by atoms with Crippen molar-refractivity contribution in [2.75, 3.05) is 7.11 Å². The molecular formula is C16H12ClNO4S. The molecule has 0 bridgehead atoms. The summed E-state index contributed by atoms with van der Waals surface area (Å²) in [5.74, 6) is -0.100. The van der Waals surface area contributed by atoms with E-state index in [-0.39, 0.29) is 10.4 Å². The van der Waals surface area contributed by atoms with Gasteiger partial charge in [-0.2, -0.15) is 8.42 Å². The molecule has 0 saturated carbocycles. The van der Waals surface area contributed by atoms with E-state index in [2.05, 4.69) is 4.99 Å². The number of amides is 1. The molecule has 0 heterocycles. The van der Waals surface area contributed by atoms with E-state index in [9.17, 15) is 13.2 Å². The third-order valence-electron chi connectivity index (χ3n) is 2.92. The monoisotopic (exact) mass is 349 g/mol. The summed E-state index contributed by atoms with van der Waals surface area (Å²) in [7, 11) is -0.804. The minimum Gasteiger partial charge on any atom is -0.496 e. The van der Waals surface area contributed by atoms with Crippen LogP contribution < -0.4 is 4.74 Å². The van der Waals surface area contributed by atoms with Crippen LogP contribution in [0.15, 0.2) is 59.1 Å². The molecule has 0 saturated heterocycles. The number of benzene rings is 1. The van der Waals surface area contributed by atoms with E-state index < -0.39 is 16.2 Å². The van der Waals surface area contributed by atoms with Crippen molar-refractivity contribution in [3.63, 3.8) is 0 Å². The average Bonchev–Trinajstić information content (AvgIpc) is 2.55. The maximum absolute atomic E-state index is 12.1. The molecule has 1 amide bonds. The van der Waals surface area contributed by atoms with Crippen LogP contribution in [0.4, 0.5) is 0 Å². The van der Waals surface area contributed by atoms with Gasteiger partial charge in [0.25, 0.3) is 5.91 Å². The highest BCUT2D eigenvalue weighted by Gasteiger charge is 2.11. The number of methoxy groups -OCH3 is 1. The van der Waals surface area contributed by atoms with Crippen LogP contribution in [0.3, 0.4) is 0 Å². The zero-order chi connectivity index (χ0) is 16.8. The van der Waals surface area contributed by atoms with Crippen LogP contribution in [0.5, 0.6) is 5.75 Å². The number of nitrogens with zero attached hydrogens (tertiary/aromatic N) is 1. The molecule has 0 aliphatic heterocycles. The summed E-state index contributed by atoms with van der Waals surface area (Å²) in [6.07, 6.45) is 9.08. The largest absolute Gasteiger partial charge is 0.496 e. The Kier molecular flexibility index (Phi) is 5.67. The Morgan fingerprint density at radius 1 is 1.22 bits per heavy atom. The van der Waals surface area contributed by atoms with E-state index in [1.807, 2.05) is 0 Å². The van der Waals surface area contributed by atoms with Crippen molar-refractivity contribution in [2.24, 2.45) is 4.99 Å². The van der Waals surface area contributed by atoms with Crippen LogP contribution in [0.1, 0.15) is 10.4 Å². The summed E-state index contributed by atoms with van der Waals surface area (Å²) in [4.78, 5) is 16.1. The summed E-state index contributed by atoms with van der Waals surface area (Å²) in [5.41, 5.74) is 0.982. The molecule has 7 heteroatoms. The van der Waals surface area contributed by atoms with Crippen molar-refractivity contribution in [1.29, 1.82) is 0 Å². The van der Waals surface area contributed by atoms with Crippen molar-refractivity contribution in [2.45, 2.75) is 0 Å². The minimum atomic E-state index is -2.26. The van der Waals surface area contributed by atoms with Gasteiger partial charge < -0.3 is 4.74 Å². The number of hydrogen-bond donors (Lipinski definition) is 0. The van der Waals surface area contributed by atoms with Gasteiger partial charge in [-0.1, -0.05) is 23.8 Å². The molecule has 1 aromatic carbocycles. The molecule has 1 aliphatic rings. The van der Waals surface area contributed by atoms with Gasteiger partial charge in [0.1, 0.15) is 5.75 Å². The Morgan fingerprint density at radius 2 is 1.91 bits per heavy atom. The smallest absolute Gasteiger partial charge is 0.280 e. The van der Waals surface area contributed by atoms with Crippen molar-refractivity contribution in [3.05, 3.63) is 64.7 Å². The van der Waals surface area contributed by atoms with E-state index in [1.165, 1.54) is 31.5 Å². The number of ether oxygens (including phenoxy) is 1. The highest BCUT2D eigenvalue weighted by Crippen LogP contribution is 2.23. The lowest BCUT2D eigenvalue weighted by Gasteiger charge is -2.05. The predicted octanol–water partition coefficient (Wildman–Crippen LogP) is 2.66. The van der Waals surface area contributed by atoms with Crippen LogP contribution >= 0.6 is 11.6 Å². The number of hydrogen-bond acceptors (Lipinski definition) is 4. The minimum absolute atomic E-state index is 0.193. The van der Waals surface area contributed by atoms with E-state index in [4.69, 9.17) is 16.3 Å². The van der Waals surface area contributed by atoms with Crippen LogP contribution in [0.2, 0.25) is 5.02 Å². The van der Waals surface area contributed by atoms with Crippen LogP contribution in [0, 0.1) is 0 Å². The number of aliphatic imine (C=N–C) groups is 1. The van der Waals surface area contributed by atoms with Gasteiger partial charge in [0.05, 0.1) is 17.5 Å². The summed E-state index contributed by atoms with van der Waals surface area (Å²) in [5, 5.41) is 0.412. The van der Waals surface area contributed by atoms with Crippen molar-refractivity contribution in [3.8, 4) is 5.75 Å². The molecule has 0 N–H and O–H groups in total. The maximum Gasteiger partial charge on any atom is 0.280 e. The fourth-order valence-electron chi connectivity index (χ4n) is 1.80. The Balaban J connectivity index is 2.16. The summed E-state index contributed by atoms with van der Waals surface area (Å²) < 4.78 is 26.6. The molecule has 0 aromatic heterocycles. The second kappa shape index (κ2) is 7.71. The molecule has 1 aromatic rings. The second-order valence-corrected chi connectivity index (χ2v) is 5.78. The lowest BCUT2D eigenvalue weighted by Crippen LogP contribution is -1.99. The van der Waals surface area contributed by atoms with Crippen molar-refractivity contribution >= 4 is 38.9 Å². The van der Waals surface area contributed by atoms with Gasteiger partial charge in [-0.05, 0) is 42.0 Å². The molecule has 0 spiro atoms. The summed E-state index contributed by atoms with van der Waals surface area (Å²) in [6.45, 7) is 0. The number of halogens is 1. The first-order chi connectivity index (χ1) is 11.0. The first-order valence-electron chi connectivity index (χ1n) is 6.46. The summed E-state index contributed by atoms with van der Waals surface area (Å²) in [6, 6.07) is 4.70. The van der Waals surface area contributed by atoms with Crippen LogP contribution in [0.25, 0.3) is 0 Å². The molecule has 23 heavy (non-hydrogen) atoms. The quantitative estimate of drug-likeness (QED) is 0.621. The van der Waals surface area contributed by atoms with Gasteiger partial charge in [-0.15, -0.1) is 0 Å². The van der Waals surface area contributed by atoms with Gasteiger partial charge in [-0.3, -0.25) is 4.79 Å². The van der Waals surface area contributed by atoms with Gasteiger partial charge in [0.2, 0.25) is 10.3 Å². The predicted molar refractivity (Wildman–Crippen MR) is 91.1 cm³/mol. The molecule has 0 fully saturated rings. The van der Waals surface area contributed by atoms with E-state index in [0.717, 1.165) is 0 Å². The normalized spacial score (nSPS) is 13.5. The van der Waals surface area contributed by atoms with Gasteiger partial charge in [0.15, 0.2) is 0 Å². The van der Waals surface area contributed by atoms with E-state index in [1.54, 1.807) is 30.4 Å². The highest BCUT2D eigenvalue weighted by atomic mass is 35.5. The Bertz CT molecular complexity index is 867. The average molecular weight is 350 g/mol. The third kappa shape index (κ3) is 4.51. The molecule has 0 radical (unpaired) electrons. The number of allylic oxidation sites excluding steroid dienone is 6. The number of rotatable bonds is 3. The van der Waals surface area contributed by atoms with Crippen molar-refractivity contribution < 1.29 is 17.9 Å². The fraction of sp³-hybridized carbons (Fsp3) is 0.0625. The maximum atomic E-state index is 12.1. The number of carbonyl (C=O) groups excluding carboxylic acids is 1. The first kappa shape index (κ1) is 16.9. The van der Waals surface area contributed by atoms with E-state index in [0.29, 0.717) is 16.3 Å². The van der Waals surface area contributed by atoms with Crippen LogP contribution in [-0.4, -0.2) is 32.5 Å². The van der Waals surface area contributed by atoms with Crippen molar-refractivity contribution in [1.82, 2.24) is 0 Å². The summed E-state index contributed by atoms with van der Waals surface area (Å²) >= 11 is 5.87.